The highest BCUT2D eigenvalue weighted by Crippen LogP contribution is 2.33. The van der Waals surface area contributed by atoms with Gasteiger partial charge in [0.2, 0.25) is 5.91 Å². The molecule has 0 saturated carbocycles. The Hall–Kier alpha value is -3.55. The number of methoxy groups -OCH3 is 2. The van der Waals surface area contributed by atoms with E-state index in [0.717, 1.165) is 11.1 Å². The zero-order chi connectivity index (χ0) is 21.8. The van der Waals surface area contributed by atoms with Crippen LogP contribution in [0.15, 0.2) is 47.0 Å². The lowest BCUT2D eigenvalue weighted by Gasteiger charge is -2.18. The van der Waals surface area contributed by atoms with Crippen LogP contribution in [0, 0.1) is 0 Å². The number of para-hydroxylation sites is 1. The first-order valence-electron chi connectivity index (χ1n) is 10.2. The number of hydrogen-bond donors (Lipinski definition) is 0. The molecule has 0 N–H and O–H groups in total. The van der Waals surface area contributed by atoms with Gasteiger partial charge in [-0.15, -0.1) is 0 Å². The minimum atomic E-state index is -0.131. The Morgan fingerprint density at radius 1 is 1.13 bits per heavy atom. The lowest BCUT2D eigenvalue weighted by Crippen LogP contribution is -2.24. The van der Waals surface area contributed by atoms with Crippen LogP contribution in [0.2, 0.25) is 0 Å². The molecule has 1 saturated heterocycles. The van der Waals surface area contributed by atoms with Gasteiger partial charge in [0.1, 0.15) is 17.2 Å². The van der Waals surface area contributed by atoms with Gasteiger partial charge in [-0.1, -0.05) is 17.3 Å². The molecule has 0 aliphatic carbocycles. The van der Waals surface area contributed by atoms with Crippen LogP contribution in [0.5, 0.6) is 17.2 Å². The van der Waals surface area contributed by atoms with E-state index in [4.69, 9.17) is 18.7 Å². The van der Waals surface area contributed by atoms with Gasteiger partial charge in [-0.25, -0.2) is 0 Å². The van der Waals surface area contributed by atoms with Crippen molar-refractivity contribution in [1.82, 2.24) is 15.0 Å². The maximum atomic E-state index is 12.7. The second-order valence-electron chi connectivity index (χ2n) is 7.24. The first-order chi connectivity index (χ1) is 15.1. The van der Waals surface area contributed by atoms with Crippen molar-refractivity contribution in [3.63, 3.8) is 0 Å². The maximum Gasteiger partial charge on any atom is 0.261 e. The van der Waals surface area contributed by atoms with Crippen molar-refractivity contribution in [2.75, 3.05) is 27.4 Å². The summed E-state index contributed by atoms with van der Waals surface area (Å²) >= 11 is 0. The first-order valence-corrected chi connectivity index (χ1v) is 10.2. The average molecular weight is 423 g/mol. The first kappa shape index (κ1) is 20.7. The quantitative estimate of drug-likeness (QED) is 0.546. The van der Waals surface area contributed by atoms with E-state index in [2.05, 4.69) is 10.1 Å². The maximum absolute atomic E-state index is 12.7. The Morgan fingerprint density at radius 3 is 2.74 bits per heavy atom. The second kappa shape index (κ2) is 9.07. The minimum Gasteiger partial charge on any atom is -0.497 e. The van der Waals surface area contributed by atoms with Crippen molar-refractivity contribution in [2.24, 2.45) is 0 Å². The summed E-state index contributed by atoms with van der Waals surface area (Å²) in [6.07, 6.45) is 0.338. The van der Waals surface area contributed by atoms with Crippen molar-refractivity contribution in [3.05, 3.63) is 53.9 Å². The Bertz CT molecular complexity index is 1060. The topological polar surface area (TPSA) is 86.9 Å². The van der Waals surface area contributed by atoms with Crippen LogP contribution in [0.3, 0.4) is 0 Å². The smallest absolute Gasteiger partial charge is 0.261 e. The molecule has 2 aromatic carbocycles. The van der Waals surface area contributed by atoms with E-state index >= 15 is 0 Å². The fourth-order valence-electron chi connectivity index (χ4n) is 3.72. The molecule has 1 atom stereocenters. The molecular weight excluding hydrogens is 398 g/mol. The number of benzene rings is 2. The van der Waals surface area contributed by atoms with Crippen LogP contribution in [0.4, 0.5) is 0 Å². The summed E-state index contributed by atoms with van der Waals surface area (Å²) in [4.78, 5) is 19.0. The van der Waals surface area contributed by atoms with Gasteiger partial charge in [0.15, 0.2) is 5.82 Å². The number of amides is 1. The highest BCUT2D eigenvalue weighted by atomic mass is 16.5. The lowest BCUT2D eigenvalue weighted by atomic mass is 10.1. The molecule has 4 rings (SSSR count). The number of likely N-dealkylation sites (tertiary alicyclic amines) is 1. The summed E-state index contributed by atoms with van der Waals surface area (Å²) < 4.78 is 21.9. The molecule has 31 heavy (non-hydrogen) atoms. The molecule has 1 aliphatic heterocycles. The highest BCUT2D eigenvalue weighted by Gasteiger charge is 2.34. The molecule has 8 heteroatoms. The van der Waals surface area contributed by atoms with E-state index in [1.807, 2.05) is 49.4 Å². The largest absolute Gasteiger partial charge is 0.497 e. The number of hydrogen-bond acceptors (Lipinski definition) is 7. The molecule has 1 aromatic heterocycles. The van der Waals surface area contributed by atoms with Gasteiger partial charge in [-0.2, -0.15) is 4.98 Å². The van der Waals surface area contributed by atoms with Gasteiger partial charge in [0.05, 0.1) is 26.4 Å². The number of carbonyl (C=O) groups excluding carboxylic acids is 1. The van der Waals surface area contributed by atoms with Gasteiger partial charge < -0.3 is 23.6 Å². The second-order valence-corrected chi connectivity index (χ2v) is 7.24. The van der Waals surface area contributed by atoms with Crippen LogP contribution < -0.4 is 14.2 Å². The van der Waals surface area contributed by atoms with Gasteiger partial charge in [0.25, 0.3) is 5.89 Å². The van der Waals surface area contributed by atoms with Crippen molar-refractivity contribution < 1.29 is 23.5 Å². The van der Waals surface area contributed by atoms with E-state index in [1.165, 1.54) is 0 Å². The van der Waals surface area contributed by atoms with Gasteiger partial charge in [-0.05, 0) is 31.2 Å². The van der Waals surface area contributed by atoms with Crippen LogP contribution in [0.25, 0.3) is 11.5 Å². The highest BCUT2D eigenvalue weighted by molar-refractivity contribution is 5.79. The fourth-order valence-corrected chi connectivity index (χ4v) is 3.72. The molecule has 1 aliphatic rings. The molecule has 162 valence electrons. The molecule has 1 unspecified atom stereocenters. The predicted molar refractivity (Wildman–Crippen MR) is 113 cm³/mol. The van der Waals surface area contributed by atoms with Gasteiger partial charge in [0, 0.05) is 37.1 Å². The summed E-state index contributed by atoms with van der Waals surface area (Å²) in [5.74, 6) is 2.91. The molecule has 2 heterocycles. The van der Waals surface area contributed by atoms with Crippen LogP contribution in [0.1, 0.15) is 30.7 Å². The average Bonchev–Trinajstić information content (AvgIpc) is 3.42. The van der Waals surface area contributed by atoms with Crippen LogP contribution >= 0.6 is 0 Å². The minimum absolute atomic E-state index is 0.0453. The summed E-state index contributed by atoms with van der Waals surface area (Å²) in [6, 6.07) is 13.1. The summed E-state index contributed by atoms with van der Waals surface area (Å²) in [5, 5.41) is 4.15. The Balaban J connectivity index is 1.50. The lowest BCUT2D eigenvalue weighted by molar-refractivity contribution is -0.128. The Morgan fingerprint density at radius 2 is 1.97 bits per heavy atom. The zero-order valence-corrected chi connectivity index (χ0v) is 17.8. The molecular formula is C23H25N3O5. The third-order valence-electron chi connectivity index (χ3n) is 5.29. The summed E-state index contributed by atoms with van der Waals surface area (Å²) in [5.41, 5.74) is 1.66. The molecule has 1 fully saturated rings. The molecule has 8 nitrogen and oxygen atoms in total. The molecule has 0 radical (unpaired) electrons. The van der Waals surface area contributed by atoms with E-state index in [9.17, 15) is 4.79 Å². The van der Waals surface area contributed by atoms with Crippen molar-refractivity contribution in [2.45, 2.75) is 25.8 Å². The standard InChI is InChI=1S/C23H25N3O5/c1-4-30-19-8-6-5-7-18(19)23-24-22(25-31-23)16-11-21(27)26(14-16)13-15-9-10-17(28-2)12-20(15)29-3/h5-10,12,16H,4,11,13-14H2,1-3H3. The Kier molecular flexibility index (Phi) is 6.06. The molecule has 3 aromatic rings. The van der Waals surface area contributed by atoms with E-state index in [1.54, 1.807) is 19.1 Å². The SMILES string of the molecule is CCOc1ccccc1-c1nc(C2CC(=O)N(Cc3ccc(OC)cc3OC)C2)no1. The third kappa shape index (κ3) is 4.33. The number of rotatable bonds is 8. The monoisotopic (exact) mass is 423 g/mol. The third-order valence-corrected chi connectivity index (χ3v) is 5.29. The van der Waals surface area contributed by atoms with Crippen molar-refractivity contribution in [3.8, 4) is 28.7 Å². The number of carbonyl (C=O) groups is 1. The normalized spacial score (nSPS) is 15.9. The summed E-state index contributed by atoms with van der Waals surface area (Å²) in [7, 11) is 3.21. The van der Waals surface area contributed by atoms with Crippen LogP contribution in [-0.4, -0.2) is 48.3 Å². The Labute approximate surface area is 180 Å². The van der Waals surface area contributed by atoms with Gasteiger partial charge in [-0.3, -0.25) is 4.79 Å². The molecule has 0 bridgehead atoms. The summed E-state index contributed by atoms with van der Waals surface area (Å²) in [6.45, 7) is 3.42. The van der Waals surface area contributed by atoms with Crippen molar-refractivity contribution >= 4 is 5.91 Å². The van der Waals surface area contributed by atoms with E-state index < -0.39 is 0 Å². The number of nitrogens with zero attached hydrogens (tertiary/aromatic N) is 3. The molecule has 1 amide bonds. The zero-order valence-electron chi connectivity index (χ0n) is 17.8. The molecule has 0 spiro atoms. The van der Waals surface area contributed by atoms with Gasteiger partial charge >= 0.3 is 0 Å². The van der Waals surface area contributed by atoms with Crippen molar-refractivity contribution in [1.29, 1.82) is 0 Å². The van der Waals surface area contributed by atoms with E-state index in [0.29, 0.717) is 55.1 Å². The van der Waals surface area contributed by atoms with E-state index in [-0.39, 0.29) is 11.8 Å². The number of ether oxygens (including phenoxy) is 3. The predicted octanol–water partition coefficient (Wildman–Crippen LogP) is 3.67. The van der Waals surface area contributed by atoms with Crippen LogP contribution in [-0.2, 0) is 11.3 Å². The fraction of sp³-hybridized carbons (Fsp3) is 0.348. The number of aromatic nitrogens is 2.